The summed E-state index contributed by atoms with van der Waals surface area (Å²) >= 11 is 0. The van der Waals surface area contributed by atoms with E-state index >= 15 is 0 Å². The molecule has 15 aromatic rings. The molecule has 0 bridgehead atoms. The first-order valence-electron chi connectivity index (χ1n) is 32.4. The normalized spacial score (nSPS) is 13.8. The molecule has 0 aromatic heterocycles. The molecule has 2 aliphatic rings. The Morgan fingerprint density at radius 3 is 1.04 bits per heavy atom. The van der Waals surface area contributed by atoms with E-state index in [1.807, 2.05) is 0 Å². The molecule has 0 fully saturated rings. The van der Waals surface area contributed by atoms with Crippen LogP contribution in [0.3, 0.4) is 0 Å². The molecule has 0 spiro atoms. The lowest BCUT2D eigenvalue weighted by Gasteiger charge is -2.33. The van der Waals surface area contributed by atoms with Crippen molar-refractivity contribution in [3.8, 4) is 22.3 Å². The molecular formula is C88H72N2. The SMILES string of the molecule is Cc1ccc2cc3c(N(c4ccc(C(C)C)cc4)c4ccc5c(c4)C(C)(C)c4cc6c7ccccc7c7ccccc7c6cc4-5)c(C)ccc3c(N(c3ccc(C(C)C)cc3)c3ccc4c(c3)C(C)(C)c3cc5c6ccccc6c6ccccc6c5cc3-4)c2c1. The lowest BCUT2D eigenvalue weighted by Crippen LogP contribution is -2.18. The molecule has 0 N–H and O–H groups in total. The van der Waals surface area contributed by atoms with Crippen molar-refractivity contribution in [1.29, 1.82) is 0 Å². The second-order valence-corrected chi connectivity index (χ2v) is 27.7. The average molecular weight is 1160 g/mol. The van der Waals surface area contributed by atoms with Gasteiger partial charge in [-0.2, -0.15) is 0 Å². The summed E-state index contributed by atoms with van der Waals surface area (Å²) in [5.41, 5.74) is 22.1. The van der Waals surface area contributed by atoms with E-state index in [2.05, 4.69) is 322 Å². The van der Waals surface area contributed by atoms with Gasteiger partial charge in [-0.15, -0.1) is 0 Å². The Morgan fingerprint density at radius 1 is 0.267 bits per heavy atom. The zero-order valence-electron chi connectivity index (χ0n) is 53.1. The van der Waals surface area contributed by atoms with Crippen LogP contribution in [0.2, 0.25) is 0 Å². The second-order valence-electron chi connectivity index (χ2n) is 27.7. The molecule has 90 heavy (non-hydrogen) atoms. The Hall–Kier alpha value is -10.0. The summed E-state index contributed by atoms with van der Waals surface area (Å²) in [6.45, 7) is 23.5. The van der Waals surface area contributed by atoms with Gasteiger partial charge in [-0.25, -0.2) is 0 Å². The van der Waals surface area contributed by atoms with Gasteiger partial charge in [-0.1, -0.05) is 219 Å². The molecule has 0 radical (unpaired) electrons. The lowest BCUT2D eigenvalue weighted by molar-refractivity contribution is 0.661. The van der Waals surface area contributed by atoms with E-state index < -0.39 is 0 Å². The highest BCUT2D eigenvalue weighted by Crippen LogP contribution is 2.57. The molecule has 17 rings (SSSR count). The minimum Gasteiger partial charge on any atom is -0.310 e. The van der Waals surface area contributed by atoms with Crippen LogP contribution in [0.4, 0.5) is 34.1 Å². The molecular weight excluding hydrogens is 1080 g/mol. The average Bonchev–Trinajstić information content (AvgIpc) is 1.46. The van der Waals surface area contributed by atoms with Crippen molar-refractivity contribution in [3.63, 3.8) is 0 Å². The van der Waals surface area contributed by atoms with Crippen LogP contribution in [0, 0.1) is 13.8 Å². The molecule has 2 heteroatoms. The first kappa shape index (κ1) is 54.2. The van der Waals surface area contributed by atoms with Crippen LogP contribution >= 0.6 is 0 Å². The first-order chi connectivity index (χ1) is 43.6. The van der Waals surface area contributed by atoms with Crippen LogP contribution in [0.15, 0.2) is 243 Å². The summed E-state index contributed by atoms with van der Waals surface area (Å²) in [7, 11) is 0. The second kappa shape index (κ2) is 19.7. The summed E-state index contributed by atoms with van der Waals surface area (Å²) in [5, 5.41) is 20.5. The van der Waals surface area contributed by atoms with Crippen molar-refractivity contribution in [2.75, 3.05) is 9.80 Å². The van der Waals surface area contributed by atoms with Crippen LogP contribution in [-0.2, 0) is 10.8 Å². The highest BCUT2D eigenvalue weighted by atomic mass is 15.2. The largest absolute Gasteiger partial charge is 0.310 e. The predicted octanol–water partition coefficient (Wildman–Crippen LogP) is 25.3. The molecule has 0 unspecified atom stereocenters. The number of hydrogen-bond acceptors (Lipinski definition) is 2. The molecule has 0 amide bonds. The highest BCUT2D eigenvalue weighted by Gasteiger charge is 2.39. The van der Waals surface area contributed by atoms with Crippen molar-refractivity contribution < 1.29 is 0 Å². The molecule has 2 aliphatic carbocycles. The Balaban J connectivity index is 0.890. The molecule has 434 valence electrons. The summed E-state index contributed by atoms with van der Waals surface area (Å²) < 4.78 is 0. The third-order valence-electron chi connectivity index (χ3n) is 21.1. The Kier molecular flexibility index (Phi) is 11.9. The van der Waals surface area contributed by atoms with Crippen molar-refractivity contribution in [2.24, 2.45) is 0 Å². The van der Waals surface area contributed by atoms with E-state index in [0.717, 1.165) is 22.7 Å². The van der Waals surface area contributed by atoms with Gasteiger partial charge in [0.05, 0.1) is 11.4 Å². The summed E-state index contributed by atoms with van der Waals surface area (Å²) in [5.74, 6) is 0.788. The number of nitrogens with zero attached hydrogens (tertiary/aromatic N) is 2. The third-order valence-corrected chi connectivity index (χ3v) is 21.1. The Bertz CT molecular complexity index is 5560. The number of benzene rings is 15. The predicted molar refractivity (Wildman–Crippen MR) is 389 cm³/mol. The van der Waals surface area contributed by atoms with Crippen LogP contribution in [-0.4, -0.2) is 0 Å². The van der Waals surface area contributed by atoms with Gasteiger partial charge in [0.25, 0.3) is 0 Å². The minimum atomic E-state index is -0.288. The van der Waals surface area contributed by atoms with E-state index in [1.54, 1.807) is 0 Å². The molecule has 0 saturated carbocycles. The summed E-state index contributed by atoms with van der Waals surface area (Å²) in [6, 6.07) is 93.8. The van der Waals surface area contributed by atoms with Gasteiger partial charge in [-0.05, 0) is 242 Å². The van der Waals surface area contributed by atoms with Gasteiger partial charge in [0.2, 0.25) is 0 Å². The fourth-order valence-corrected chi connectivity index (χ4v) is 16.3. The summed E-state index contributed by atoms with van der Waals surface area (Å²) in [4.78, 5) is 5.17. The number of hydrogen-bond donors (Lipinski definition) is 0. The molecule has 15 aromatic carbocycles. The Morgan fingerprint density at radius 2 is 0.633 bits per heavy atom. The number of fused-ring (bicyclic) bond motifs is 20. The summed E-state index contributed by atoms with van der Waals surface area (Å²) in [6.07, 6.45) is 0. The molecule has 2 nitrogen and oxygen atoms in total. The van der Waals surface area contributed by atoms with E-state index in [0.29, 0.717) is 11.8 Å². The van der Waals surface area contributed by atoms with Gasteiger partial charge < -0.3 is 9.80 Å². The monoisotopic (exact) mass is 1160 g/mol. The smallest absolute Gasteiger partial charge is 0.0619 e. The molecule has 0 atom stereocenters. The van der Waals surface area contributed by atoms with Gasteiger partial charge >= 0.3 is 0 Å². The van der Waals surface area contributed by atoms with Gasteiger partial charge in [0.1, 0.15) is 0 Å². The first-order valence-corrected chi connectivity index (χ1v) is 32.4. The van der Waals surface area contributed by atoms with Crippen LogP contribution in [0.25, 0.3) is 108 Å². The van der Waals surface area contributed by atoms with Crippen LogP contribution in [0.1, 0.15) is 112 Å². The standard InChI is InChI=1S/C88H72N2/c1-51(2)55-30-34-58(35-31-55)89(60-38-41-70-78-47-74-66-23-15-11-19-62(66)64-21-13-17-25-68(64)76(74)49-83(78)87(7,8)81(70)45-60)85-54(6)28-40-72-80(85)44-57-29-27-53(5)43-73(57)86(72)90(59-36-32-56(33-37-59)52(3)4)61-39-42-71-79-48-75-67-24-16-12-20-63(67)65-22-14-18-26-69(65)77(75)50-84(79)88(9,10)82(71)46-61/h11-52H,1-10H3. The fraction of sp³-hybridized carbons (Fsp3) is 0.159. The fourth-order valence-electron chi connectivity index (χ4n) is 16.3. The van der Waals surface area contributed by atoms with Crippen LogP contribution < -0.4 is 9.80 Å². The maximum atomic E-state index is 2.59. The number of aryl methyl sites for hydroxylation is 2. The van der Waals surface area contributed by atoms with Crippen molar-refractivity contribution >= 4 is 120 Å². The topological polar surface area (TPSA) is 6.48 Å². The number of anilines is 6. The lowest BCUT2D eigenvalue weighted by atomic mass is 9.81. The van der Waals surface area contributed by atoms with Gasteiger partial charge in [0.15, 0.2) is 0 Å². The third kappa shape index (κ3) is 7.89. The van der Waals surface area contributed by atoms with Crippen molar-refractivity contribution in [3.05, 3.63) is 287 Å². The van der Waals surface area contributed by atoms with Gasteiger partial charge in [-0.3, -0.25) is 0 Å². The minimum absolute atomic E-state index is 0.280. The number of rotatable bonds is 8. The maximum absolute atomic E-state index is 2.59. The van der Waals surface area contributed by atoms with Gasteiger partial charge in [0, 0.05) is 49.7 Å². The zero-order chi connectivity index (χ0) is 61.2. The Labute approximate surface area is 528 Å². The quantitative estimate of drug-likeness (QED) is 0.111. The zero-order valence-corrected chi connectivity index (χ0v) is 53.1. The van der Waals surface area contributed by atoms with E-state index in [9.17, 15) is 0 Å². The molecule has 0 saturated heterocycles. The van der Waals surface area contributed by atoms with E-state index in [-0.39, 0.29) is 10.8 Å². The van der Waals surface area contributed by atoms with Crippen molar-refractivity contribution in [1.82, 2.24) is 0 Å². The van der Waals surface area contributed by atoms with E-state index in [4.69, 9.17) is 0 Å². The maximum Gasteiger partial charge on any atom is 0.0619 e. The van der Waals surface area contributed by atoms with E-state index in [1.165, 1.54) is 164 Å². The molecule has 0 aliphatic heterocycles. The van der Waals surface area contributed by atoms with Crippen molar-refractivity contribution in [2.45, 2.75) is 91.9 Å². The molecule has 0 heterocycles. The highest BCUT2D eigenvalue weighted by molar-refractivity contribution is 6.28. The van der Waals surface area contributed by atoms with Crippen LogP contribution in [0.5, 0.6) is 0 Å².